The van der Waals surface area contributed by atoms with Gasteiger partial charge in [-0.05, 0) is 12.1 Å². The number of methoxy groups -OCH3 is 1. The summed E-state index contributed by atoms with van der Waals surface area (Å²) in [6.45, 7) is 3.14. The number of rotatable bonds is 4. The fourth-order valence-electron chi connectivity index (χ4n) is 4.91. The van der Waals surface area contributed by atoms with E-state index in [1.165, 1.54) is 11.1 Å². The van der Waals surface area contributed by atoms with E-state index in [0.717, 1.165) is 48.5 Å². The first-order valence-electron chi connectivity index (χ1n) is 9.15. The number of quaternary nitrogens is 1. The third-order valence-corrected chi connectivity index (χ3v) is 6.52. The summed E-state index contributed by atoms with van der Waals surface area (Å²) in [7, 11) is 4.02. The van der Waals surface area contributed by atoms with Gasteiger partial charge in [-0.2, -0.15) is 0 Å². The molecule has 2 aliphatic heterocycles. The number of ether oxygens (including phenoxy) is 2. The quantitative estimate of drug-likeness (QED) is 0.507. The zero-order valence-electron chi connectivity index (χ0n) is 15.0. The van der Waals surface area contributed by atoms with Crippen LogP contribution in [0.2, 0.25) is 0 Å². The van der Waals surface area contributed by atoms with Crippen molar-refractivity contribution in [3.63, 3.8) is 0 Å². The van der Waals surface area contributed by atoms with E-state index in [0.29, 0.717) is 12.3 Å². The van der Waals surface area contributed by atoms with E-state index in [-0.39, 0.29) is 11.5 Å². The van der Waals surface area contributed by atoms with E-state index in [1.807, 2.05) is 12.1 Å². The molecule has 0 aromatic heterocycles. The maximum absolute atomic E-state index is 10.1. The standard InChI is InChI=1S/C20H27ClNO3/c1-22(10-3-9-21)11-8-20-7-6-15(23)12-17(20)25-19-16(24-2)5-4-14(13-22)18(19)20/h4-7,15,17,23H,3,8-13H2,1-2H3/q+1/t15-,17-,20+,22?/m1/s1. The van der Waals surface area contributed by atoms with Gasteiger partial charge in [-0.25, -0.2) is 0 Å². The Kier molecular flexibility index (Phi) is 4.25. The number of benzene rings is 1. The average molecular weight is 365 g/mol. The van der Waals surface area contributed by atoms with Crippen LogP contribution in [0.25, 0.3) is 0 Å². The van der Waals surface area contributed by atoms with Crippen molar-refractivity contribution in [2.75, 3.05) is 33.1 Å². The molecule has 2 heterocycles. The molecule has 0 bridgehead atoms. The molecule has 25 heavy (non-hydrogen) atoms. The molecule has 1 N–H and O–H groups in total. The summed E-state index contributed by atoms with van der Waals surface area (Å²) in [5.74, 6) is 2.39. The second-order valence-corrected chi connectivity index (χ2v) is 8.34. The van der Waals surface area contributed by atoms with E-state index in [2.05, 4.69) is 19.2 Å². The molecule has 0 saturated heterocycles. The van der Waals surface area contributed by atoms with Gasteiger partial charge in [0.05, 0.1) is 38.8 Å². The van der Waals surface area contributed by atoms with E-state index >= 15 is 0 Å². The van der Waals surface area contributed by atoms with E-state index in [4.69, 9.17) is 21.1 Å². The van der Waals surface area contributed by atoms with Gasteiger partial charge in [-0.1, -0.05) is 12.2 Å². The predicted molar refractivity (Wildman–Crippen MR) is 98.4 cm³/mol. The monoisotopic (exact) mass is 364 g/mol. The molecule has 4 atom stereocenters. The lowest BCUT2D eigenvalue weighted by Crippen LogP contribution is -2.47. The molecule has 0 amide bonds. The summed E-state index contributed by atoms with van der Waals surface area (Å²) < 4.78 is 12.9. The molecule has 0 radical (unpaired) electrons. The van der Waals surface area contributed by atoms with Gasteiger partial charge in [-0.15, -0.1) is 11.6 Å². The van der Waals surface area contributed by atoms with Crippen LogP contribution in [0.1, 0.15) is 30.4 Å². The highest BCUT2D eigenvalue weighted by Gasteiger charge is 2.54. The highest BCUT2D eigenvalue weighted by molar-refractivity contribution is 6.17. The molecule has 4 rings (SSSR count). The summed E-state index contributed by atoms with van der Waals surface area (Å²) in [4.78, 5) is 0. The van der Waals surface area contributed by atoms with Crippen molar-refractivity contribution < 1.29 is 19.1 Å². The van der Waals surface area contributed by atoms with E-state index in [1.54, 1.807) is 7.11 Å². The fourth-order valence-corrected chi connectivity index (χ4v) is 5.03. The fraction of sp³-hybridized carbons (Fsp3) is 0.600. The third-order valence-electron chi connectivity index (χ3n) is 6.25. The highest BCUT2D eigenvalue weighted by Crippen LogP contribution is 2.56. The van der Waals surface area contributed by atoms with Crippen molar-refractivity contribution in [1.29, 1.82) is 0 Å². The lowest BCUT2D eigenvalue weighted by molar-refractivity contribution is -0.922. The maximum Gasteiger partial charge on any atom is 0.166 e. The normalized spacial score (nSPS) is 35.5. The van der Waals surface area contributed by atoms with Crippen LogP contribution < -0.4 is 9.47 Å². The molecule has 4 nitrogen and oxygen atoms in total. The molecule has 1 unspecified atom stereocenters. The third kappa shape index (κ3) is 2.66. The molecule has 1 aromatic carbocycles. The molecule has 3 aliphatic rings. The Hall–Kier alpha value is -1.23. The first kappa shape index (κ1) is 17.2. The Balaban J connectivity index is 1.84. The number of aliphatic hydroxyl groups is 1. The summed E-state index contributed by atoms with van der Waals surface area (Å²) >= 11 is 5.97. The van der Waals surface area contributed by atoms with Gasteiger partial charge in [0, 0.05) is 36.3 Å². The summed E-state index contributed by atoms with van der Waals surface area (Å²) in [5, 5.41) is 10.1. The molecule has 0 saturated carbocycles. The number of aliphatic hydroxyl groups excluding tert-OH is 1. The largest absolute Gasteiger partial charge is 0.493 e. The molecule has 5 heteroatoms. The molecular formula is C20H27ClNO3+. The number of hydrogen-bond donors (Lipinski definition) is 1. The van der Waals surface area contributed by atoms with Crippen LogP contribution in [0.4, 0.5) is 0 Å². The van der Waals surface area contributed by atoms with Gasteiger partial charge in [0.1, 0.15) is 12.6 Å². The molecular weight excluding hydrogens is 338 g/mol. The SMILES string of the molecule is COc1ccc2c3c1O[C@@H]1C[C@H](O)C=C[C@@]31CC[N+](C)(CCCCl)C2. The van der Waals surface area contributed by atoms with E-state index < -0.39 is 6.10 Å². The van der Waals surface area contributed by atoms with Crippen molar-refractivity contribution >= 4 is 11.6 Å². The average Bonchev–Trinajstić information content (AvgIpc) is 2.87. The zero-order valence-corrected chi connectivity index (χ0v) is 15.8. The molecule has 1 aliphatic carbocycles. The zero-order chi connectivity index (χ0) is 17.7. The van der Waals surface area contributed by atoms with Gasteiger partial charge in [0.25, 0.3) is 0 Å². The second kappa shape index (κ2) is 6.19. The first-order chi connectivity index (χ1) is 12.0. The van der Waals surface area contributed by atoms with Crippen LogP contribution in [0.3, 0.4) is 0 Å². The minimum Gasteiger partial charge on any atom is -0.493 e. The number of hydrogen-bond acceptors (Lipinski definition) is 3. The van der Waals surface area contributed by atoms with Gasteiger partial charge < -0.3 is 19.1 Å². The van der Waals surface area contributed by atoms with E-state index in [9.17, 15) is 5.11 Å². The van der Waals surface area contributed by atoms with Crippen LogP contribution in [0, 0.1) is 0 Å². The van der Waals surface area contributed by atoms with Crippen LogP contribution in [0.15, 0.2) is 24.3 Å². The van der Waals surface area contributed by atoms with Crippen LogP contribution >= 0.6 is 11.6 Å². The Morgan fingerprint density at radius 1 is 1.44 bits per heavy atom. The van der Waals surface area contributed by atoms with Crippen LogP contribution in [-0.4, -0.2) is 54.9 Å². The topological polar surface area (TPSA) is 38.7 Å². The summed E-state index contributed by atoms with van der Waals surface area (Å²) in [6, 6.07) is 4.23. The second-order valence-electron chi connectivity index (χ2n) is 7.96. The van der Waals surface area contributed by atoms with Crippen LogP contribution in [0.5, 0.6) is 11.5 Å². The molecule has 1 aromatic rings. The minimum atomic E-state index is -0.431. The van der Waals surface area contributed by atoms with Crippen molar-refractivity contribution in [3.05, 3.63) is 35.4 Å². The lowest BCUT2D eigenvalue weighted by Gasteiger charge is -2.37. The Labute approximate surface area is 154 Å². The van der Waals surface area contributed by atoms with Crippen molar-refractivity contribution in [1.82, 2.24) is 0 Å². The predicted octanol–water partition coefficient (Wildman–Crippen LogP) is 2.99. The number of alkyl halides is 1. The van der Waals surface area contributed by atoms with Gasteiger partial charge in [0.2, 0.25) is 0 Å². The molecule has 1 spiro atoms. The Bertz CT molecular complexity index is 706. The molecule has 0 fully saturated rings. The van der Waals surface area contributed by atoms with Crippen molar-refractivity contribution in [2.24, 2.45) is 0 Å². The Morgan fingerprint density at radius 3 is 3.04 bits per heavy atom. The lowest BCUT2D eigenvalue weighted by atomic mass is 9.69. The van der Waals surface area contributed by atoms with Gasteiger partial charge >= 0.3 is 0 Å². The maximum atomic E-state index is 10.1. The van der Waals surface area contributed by atoms with Crippen molar-refractivity contribution in [3.8, 4) is 11.5 Å². The number of halogens is 1. The summed E-state index contributed by atoms with van der Waals surface area (Å²) in [6.07, 6.45) is 6.39. The Morgan fingerprint density at radius 2 is 2.28 bits per heavy atom. The molecule has 136 valence electrons. The van der Waals surface area contributed by atoms with Crippen LogP contribution in [-0.2, 0) is 12.0 Å². The smallest absolute Gasteiger partial charge is 0.166 e. The highest BCUT2D eigenvalue weighted by atomic mass is 35.5. The van der Waals surface area contributed by atoms with Gasteiger partial charge in [-0.3, -0.25) is 0 Å². The summed E-state index contributed by atoms with van der Waals surface area (Å²) in [5.41, 5.74) is 2.48. The number of nitrogens with zero attached hydrogens (tertiary/aromatic N) is 1. The van der Waals surface area contributed by atoms with Crippen molar-refractivity contribution in [2.45, 2.75) is 43.4 Å². The first-order valence-corrected chi connectivity index (χ1v) is 9.69. The van der Waals surface area contributed by atoms with Gasteiger partial charge in [0.15, 0.2) is 11.5 Å². The minimum absolute atomic E-state index is 0.0165.